The third-order valence-electron chi connectivity index (χ3n) is 3.40. The molecule has 0 spiro atoms. The molecule has 1 saturated carbocycles. The van der Waals surface area contributed by atoms with Crippen molar-refractivity contribution in [3.63, 3.8) is 0 Å². The monoisotopic (exact) mass is 268 g/mol. The third-order valence-corrected chi connectivity index (χ3v) is 3.40. The number of aryl methyl sites for hydroxylation is 2. The van der Waals surface area contributed by atoms with Crippen LogP contribution in [0, 0.1) is 13.8 Å². The number of carbonyl (C=O) groups excluding carboxylic acids is 1. The van der Waals surface area contributed by atoms with Crippen LogP contribution < -0.4 is 0 Å². The highest BCUT2D eigenvalue weighted by Crippen LogP contribution is 2.30. The lowest BCUT2D eigenvalue weighted by molar-refractivity contribution is -0.111. The average Bonchev–Trinajstić information content (AvgIpc) is 3.08. The number of ketones is 1. The number of Topliss-reactive ketones (excluding diaryl/α,β-unsaturated/α-hetero) is 1. The van der Waals surface area contributed by atoms with Crippen molar-refractivity contribution < 1.29 is 13.6 Å². The zero-order valence-electron chi connectivity index (χ0n) is 11.6. The fraction of sp³-hybridized carbons (Fsp3) is 0.235. The van der Waals surface area contributed by atoms with E-state index in [1.165, 1.54) is 0 Å². The van der Waals surface area contributed by atoms with Crippen LogP contribution >= 0.6 is 0 Å². The summed E-state index contributed by atoms with van der Waals surface area (Å²) in [6.45, 7) is 3.78. The van der Waals surface area contributed by atoms with Gasteiger partial charge in [-0.2, -0.15) is 0 Å². The Morgan fingerprint density at radius 3 is 1.65 bits per heavy atom. The Bertz CT molecular complexity index is 650. The number of hydrogen-bond acceptors (Lipinski definition) is 3. The first-order valence-corrected chi connectivity index (χ1v) is 6.70. The Morgan fingerprint density at radius 1 is 0.850 bits per heavy atom. The fourth-order valence-electron chi connectivity index (χ4n) is 2.38. The topological polar surface area (TPSA) is 43.4 Å². The molecule has 0 N–H and O–H groups in total. The molecule has 2 heterocycles. The first-order chi connectivity index (χ1) is 9.61. The minimum absolute atomic E-state index is 0.0908. The van der Waals surface area contributed by atoms with Gasteiger partial charge in [0.2, 0.25) is 0 Å². The van der Waals surface area contributed by atoms with E-state index in [1.807, 2.05) is 50.3 Å². The Morgan fingerprint density at radius 2 is 1.30 bits per heavy atom. The van der Waals surface area contributed by atoms with Crippen LogP contribution in [0.5, 0.6) is 0 Å². The van der Waals surface area contributed by atoms with Crippen molar-refractivity contribution in [2.45, 2.75) is 26.7 Å². The molecule has 3 rings (SSSR count). The second-order valence-electron chi connectivity index (χ2n) is 5.07. The molecule has 102 valence electrons. The highest BCUT2D eigenvalue weighted by Gasteiger charge is 2.23. The maximum Gasteiger partial charge on any atom is 0.185 e. The maximum absolute atomic E-state index is 12.3. The van der Waals surface area contributed by atoms with Crippen molar-refractivity contribution >= 4 is 17.9 Å². The molecule has 0 radical (unpaired) electrons. The lowest BCUT2D eigenvalue weighted by Gasteiger charge is -1.94. The lowest BCUT2D eigenvalue weighted by atomic mass is 10.1. The molecular weight excluding hydrogens is 252 g/mol. The van der Waals surface area contributed by atoms with Crippen molar-refractivity contribution in [2.24, 2.45) is 0 Å². The molecule has 0 saturated heterocycles. The first kappa shape index (κ1) is 12.7. The zero-order valence-corrected chi connectivity index (χ0v) is 11.6. The molecule has 1 aliphatic rings. The predicted octanol–water partition coefficient (Wildman–Crippen LogP) is 4.32. The normalized spacial score (nSPS) is 19.4. The van der Waals surface area contributed by atoms with E-state index in [-0.39, 0.29) is 5.78 Å². The molecule has 3 heteroatoms. The van der Waals surface area contributed by atoms with Crippen LogP contribution in [0.4, 0.5) is 0 Å². The molecule has 3 nitrogen and oxygen atoms in total. The van der Waals surface area contributed by atoms with Gasteiger partial charge < -0.3 is 8.83 Å². The zero-order chi connectivity index (χ0) is 14.1. The van der Waals surface area contributed by atoms with E-state index in [2.05, 4.69) is 0 Å². The summed E-state index contributed by atoms with van der Waals surface area (Å²) in [5.74, 6) is 3.27. The summed E-state index contributed by atoms with van der Waals surface area (Å²) < 4.78 is 11.0. The lowest BCUT2D eigenvalue weighted by Crippen LogP contribution is -1.95. The quantitative estimate of drug-likeness (QED) is 0.762. The number of carbonyl (C=O) groups is 1. The number of allylic oxidation sites excluding steroid dienone is 2. The summed E-state index contributed by atoms with van der Waals surface area (Å²) in [5.41, 5.74) is 1.60. The minimum atomic E-state index is 0.0908. The summed E-state index contributed by atoms with van der Waals surface area (Å²) in [6.07, 6.45) is 5.18. The van der Waals surface area contributed by atoms with E-state index in [1.54, 1.807) is 0 Å². The van der Waals surface area contributed by atoms with Crippen LogP contribution in [0.1, 0.15) is 35.9 Å². The van der Waals surface area contributed by atoms with E-state index >= 15 is 0 Å². The Kier molecular flexibility index (Phi) is 3.18. The average molecular weight is 268 g/mol. The molecule has 0 unspecified atom stereocenters. The van der Waals surface area contributed by atoms with E-state index in [0.717, 1.165) is 47.0 Å². The Balaban J connectivity index is 1.84. The van der Waals surface area contributed by atoms with Crippen molar-refractivity contribution in [3.8, 4) is 0 Å². The highest BCUT2D eigenvalue weighted by atomic mass is 16.3. The molecule has 0 aliphatic heterocycles. The van der Waals surface area contributed by atoms with Crippen LogP contribution in [0.2, 0.25) is 0 Å². The number of furan rings is 2. The van der Waals surface area contributed by atoms with Gasteiger partial charge in [0.05, 0.1) is 0 Å². The van der Waals surface area contributed by atoms with Gasteiger partial charge in [0.25, 0.3) is 0 Å². The van der Waals surface area contributed by atoms with Gasteiger partial charge in [0.1, 0.15) is 23.0 Å². The molecule has 2 aromatic rings. The molecule has 1 fully saturated rings. The number of hydrogen-bond donors (Lipinski definition) is 0. The number of rotatable bonds is 2. The largest absolute Gasteiger partial charge is 0.462 e. The molecule has 2 aromatic heterocycles. The standard InChI is InChI=1S/C17H16O3/c1-11-3-7-15(19-11)9-13-5-6-14(17(13)18)10-16-8-4-12(2)20-16/h3-4,7-10H,5-6H2,1-2H3/b13-9+,14-10?. The minimum Gasteiger partial charge on any atom is -0.462 e. The van der Waals surface area contributed by atoms with Crippen LogP contribution in [0.15, 0.2) is 44.2 Å². The second-order valence-corrected chi connectivity index (χ2v) is 5.07. The van der Waals surface area contributed by atoms with Gasteiger partial charge >= 0.3 is 0 Å². The molecule has 0 bridgehead atoms. The van der Waals surface area contributed by atoms with E-state index < -0.39 is 0 Å². The summed E-state index contributed by atoms with van der Waals surface area (Å²) in [5, 5.41) is 0. The van der Waals surface area contributed by atoms with Gasteiger partial charge in [-0.05, 0) is 63.1 Å². The van der Waals surface area contributed by atoms with Gasteiger partial charge in [-0.1, -0.05) is 0 Å². The molecule has 0 atom stereocenters. The van der Waals surface area contributed by atoms with Gasteiger partial charge in [0, 0.05) is 11.1 Å². The summed E-state index contributed by atoms with van der Waals surface area (Å²) in [6, 6.07) is 7.56. The second kappa shape index (κ2) is 5.00. The van der Waals surface area contributed by atoms with Crippen LogP contribution in [0.25, 0.3) is 12.2 Å². The predicted molar refractivity (Wildman–Crippen MR) is 77.1 cm³/mol. The summed E-state index contributed by atoms with van der Waals surface area (Å²) in [4.78, 5) is 12.3. The molecule has 0 amide bonds. The van der Waals surface area contributed by atoms with Crippen LogP contribution in [0.3, 0.4) is 0 Å². The maximum atomic E-state index is 12.3. The van der Waals surface area contributed by atoms with E-state index in [0.29, 0.717) is 0 Å². The molecule has 0 aromatic carbocycles. The van der Waals surface area contributed by atoms with Crippen molar-refractivity contribution in [1.82, 2.24) is 0 Å². The SMILES string of the molecule is Cc1ccc(C=C2CC/C(=C\c3ccc(C)o3)C2=O)o1. The summed E-state index contributed by atoms with van der Waals surface area (Å²) in [7, 11) is 0. The van der Waals surface area contributed by atoms with Gasteiger partial charge in [-0.25, -0.2) is 0 Å². The fourth-order valence-corrected chi connectivity index (χ4v) is 2.38. The van der Waals surface area contributed by atoms with Gasteiger partial charge in [-0.3, -0.25) is 4.79 Å². The molecule has 1 aliphatic carbocycles. The van der Waals surface area contributed by atoms with Crippen molar-refractivity contribution in [3.05, 3.63) is 58.5 Å². The Hall–Kier alpha value is -2.29. The molecule has 20 heavy (non-hydrogen) atoms. The smallest absolute Gasteiger partial charge is 0.185 e. The van der Waals surface area contributed by atoms with E-state index in [9.17, 15) is 4.79 Å². The highest BCUT2D eigenvalue weighted by molar-refractivity contribution is 6.15. The van der Waals surface area contributed by atoms with Crippen LogP contribution in [-0.2, 0) is 4.79 Å². The van der Waals surface area contributed by atoms with Gasteiger partial charge in [0.15, 0.2) is 5.78 Å². The van der Waals surface area contributed by atoms with Crippen molar-refractivity contribution in [1.29, 1.82) is 0 Å². The van der Waals surface area contributed by atoms with Gasteiger partial charge in [-0.15, -0.1) is 0 Å². The summed E-state index contributed by atoms with van der Waals surface area (Å²) >= 11 is 0. The van der Waals surface area contributed by atoms with Crippen LogP contribution in [-0.4, -0.2) is 5.78 Å². The first-order valence-electron chi connectivity index (χ1n) is 6.70. The molecular formula is C17H16O3. The van der Waals surface area contributed by atoms with E-state index in [4.69, 9.17) is 8.83 Å². The Labute approximate surface area is 117 Å². The third kappa shape index (κ3) is 2.52. The van der Waals surface area contributed by atoms with Crippen molar-refractivity contribution in [2.75, 3.05) is 0 Å².